The molecule has 1 aromatic carbocycles. The quantitative estimate of drug-likeness (QED) is 0.842. The van der Waals surface area contributed by atoms with Crippen LogP contribution in [0.5, 0.6) is 0 Å². The van der Waals surface area contributed by atoms with E-state index in [4.69, 9.17) is 4.74 Å². The molecule has 0 saturated heterocycles. The Labute approximate surface area is 119 Å². The van der Waals surface area contributed by atoms with Gasteiger partial charge in [-0.2, -0.15) is 0 Å². The van der Waals surface area contributed by atoms with Crippen LogP contribution >= 0.6 is 0 Å². The number of carbonyl (C=O) groups excluding carboxylic acids is 2. The van der Waals surface area contributed by atoms with Gasteiger partial charge in [-0.05, 0) is 57.2 Å². The normalized spacial score (nSPS) is 18.1. The Kier molecular flexibility index (Phi) is 4.12. The molecule has 1 N–H and O–H groups in total. The molecule has 1 aromatic rings. The number of alkyl carbamates (subject to hydrolysis) is 1. The molecular weight excluding hydrogens is 254 g/mol. The summed E-state index contributed by atoms with van der Waals surface area (Å²) in [6.07, 6.45) is 3.30. The highest BCUT2D eigenvalue weighted by molar-refractivity contribution is 5.75. The van der Waals surface area contributed by atoms with E-state index in [-0.39, 0.29) is 6.04 Å². The summed E-state index contributed by atoms with van der Waals surface area (Å²) in [5.41, 5.74) is 2.42. The molecule has 108 valence electrons. The summed E-state index contributed by atoms with van der Waals surface area (Å²) in [5.74, 6) is 0. The summed E-state index contributed by atoms with van der Waals surface area (Å²) in [5, 5.41) is 2.92. The zero-order valence-corrected chi connectivity index (χ0v) is 12.2. The van der Waals surface area contributed by atoms with Crippen molar-refractivity contribution in [3.63, 3.8) is 0 Å². The Hall–Kier alpha value is -1.84. The predicted molar refractivity (Wildman–Crippen MR) is 76.9 cm³/mol. The lowest BCUT2D eigenvalue weighted by molar-refractivity contribution is 0.0498. The first-order chi connectivity index (χ1) is 9.39. The van der Waals surface area contributed by atoms with Crippen molar-refractivity contribution >= 4 is 12.4 Å². The molecule has 1 unspecified atom stereocenters. The minimum Gasteiger partial charge on any atom is -0.444 e. The van der Waals surface area contributed by atoms with E-state index in [0.29, 0.717) is 5.56 Å². The van der Waals surface area contributed by atoms with Crippen LogP contribution in [0.15, 0.2) is 18.2 Å². The van der Waals surface area contributed by atoms with Crippen LogP contribution in [-0.2, 0) is 11.2 Å². The maximum atomic E-state index is 11.9. The van der Waals surface area contributed by atoms with Gasteiger partial charge in [0.1, 0.15) is 11.9 Å². The number of benzene rings is 1. The highest BCUT2D eigenvalue weighted by atomic mass is 16.6. The molecule has 0 saturated carbocycles. The molecule has 0 aromatic heterocycles. The second kappa shape index (κ2) is 5.65. The molecule has 0 heterocycles. The highest BCUT2D eigenvalue weighted by Gasteiger charge is 2.24. The van der Waals surface area contributed by atoms with E-state index < -0.39 is 11.7 Å². The lowest BCUT2D eigenvalue weighted by Gasteiger charge is -2.28. The van der Waals surface area contributed by atoms with Gasteiger partial charge in [-0.25, -0.2) is 4.79 Å². The summed E-state index contributed by atoms with van der Waals surface area (Å²) in [6.45, 7) is 5.53. The van der Waals surface area contributed by atoms with Crippen molar-refractivity contribution in [3.8, 4) is 0 Å². The molecule has 0 spiro atoms. The van der Waals surface area contributed by atoms with Crippen LogP contribution in [0.2, 0.25) is 0 Å². The number of ether oxygens (including phenoxy) is 1. The van der Waals surface area contributed by atoms with Crippen LogP contribution < -0.4 is 5.32 Å². The Morgan fingerprint density at radius 1 is 1.40 bits per heavy atom. The molecule has 1 atom stereocenters. The Morgan fingerprint density at radius 3 is 2.80 bits per heavy atom. The smallest absolute Gasteiger partial charge is 0.408 e. The van der Waals surface area contributed by atoms with Gasteiger partial charge >= 0.3 is 6.09 Å². The second-order valence-corrected chi connectivity index (χ2v) is 6.17. The van der Waals surface area contributed by atoms with Gasteiger partial charge < -0.3 is 10.1 Å². The number of amides is 1. The molecule has 0 radical (unpaired) electrons. The van der Waals surface area contributed by atoms with E-state index in [1.54, 1.807) is 6.07 Å². The van der Waals surface area contributed by atoms with E-state index in [2.05, 4.69) is 5.32 Å². The SMILES string of the molecule is CC(C)(C)OC(=O)NC1CCCc2cc(C=O)ccc21. The third kappa shape index (κ3) is 3.59. The van der Waals surface area contributed by atoms with Gasteiger partial charge in [0, 0.05) is 5.56 Å². The number of nitrogens with one attached hydrogen (secondary N) is 1. The zero-order valence-electron chi connectivity index (χ0n) is 12.2. The molecular formula is C16H21NO3. The topological polar surface area (TPSA) is 55.4 Å². The molecule has 1 aliphatic rings. The molecule has 1 aliphatic carbocycles. The maximum absolute atomic E-state index is 11.9. The van der Waals surface area contributed by atoms with Crippen LogP contribution in [0.25, 0.3) is 0 Å². The number of carbonyl (C=O) groups is 2. The summed E-state index contributed by atoms with van der Waals surface area (Å²) in [7, 11) is 0. The second-order valence-electron chi connectivity index (χ2n) is 6.17. The van der Waals surface area contributed by atoms with Crippen molar-refractivity contribution in [3.05, 3.63) is 34.9 Å². The largest absolute Gasteiger partial charge is 0.444 e. The van der Waals surface area contributed by atoms with E-state index in [1.807, 2.05) is 32.9 Å². The van der Waals surface area contributed by atoms with Gasteiger partial charge in [0.05, 0.1) is 6.04 Å². The van der Waals surface area contributed by atoms with Crippen LogP contribution in [0.3, 0.4) is 0 Å². The molecule has 0 bridgehead atoms. The number of fused-ring (bicyclic) bond motifs is 1. The first kappa shape index (κ1) is 14.6. The fraction of sp³-hybridized carbons (Fsp3) is 0.500. The van der Waals surface area contributed by atoms with Crippen molar-refractivity contribution in [2.24, 2.45) is 0 Å². The summed E-state index contributed by atoms with van der Waals surface area (Å²) < 4.78 is 5.29. The monoisotopic (exact) mass is 275 g/mol. The number of rotatable bonds is 2. The van der Waals surface area contributed by atoms with E-state index in [0.717, 1.165) is 36.7 Å². The van der Waals surface area contributed by atoms with Gasteiger partial charge in [-0.15, -0.1) is 0 Å². The average molecular weight is 275 g/mol. The predicted octanol–water partition coefficient (Wildman–Crippen LogP) is 3.40. The first-order valence-electron chi connectivity index (χ1n) is 6.96. The fourth-order valence-corrected chi connectivity index (χ4v) is 2.51. The molecule has 0 fully saturated rings. The van der Waals surface area contributed by atoms with Gasteiger partial charge in [0.25, 0.3) is 0 Å². The number of hydrogen-bond acceptors (Lipinski definition) is 3. The molecule has 20 heavy (non-hydrogen) atoms. The summed E-state index contributed by atoms with van der Waals surface area (Å²) in [6, 6.07) is 5.60. The Bertz CT molecular complexity index is 517. The molecule has 2 rings (SSSR count). The van der Waals surface area contributed by atoms with Crippen LogP contribution in [0.1, 0.15) is 61.1 Å². The van der Waals surface area contributed by atoms with Crippen molar-refractivity contribution in [1.29, 1.82) is 0 Å². The van der Waals surface area contributed by atoms with Crippen LogP contribution in [0, 0.1) is 0 Å². The van der Waals surface area contributed by atoms with Crippen molar-refractivity contribution in [2.75, 3.05) is 0 Å². The van der Waals surface area contributed by atoms with E-state index in [1.165, 1.54) is 0 Å². The lowest BCUT2D eigenvalue weighted by Crippen LogP contribution is -2.36. The molecule has 1 amide bonds. The van der Waals surface area contributed by atoms with Crippen molar-refractivity contribution < 1.29 is 14.3 Å². The van der Waals surface area contributed by atoms with Crippen molar-refractivity contribution in [1.82, 2.24) is 5.32 Å². The van der Waals surface area contributed by atoms with Crippen molar-refractivity contribution in [2.45, 2.75) is 51.7 Å². The first-order valence-corrected chi connectivity index (χ1v) is 6.96. The van der Waals surface area contributed by atoms with Crippen LogP contribution in [0.4, 0.5) is 4.79 Å². The number of hydrogen-bond donors (Lipinski definition) is 1. The highest BCUT2D eigenvalue weighted by Crippen LogP contribution is 2.30. The van der Waals surface area contributed by atoms with Gasteiger partial charge in [-0.3, -0.25) is 4.79 Å². The minimum atomic E-state index is -0.497. The average Bonchev–Trinajstić information content (AvgIpc) is 2.36. The molecule has 0 aliphatic heterocycles. The summed E-state index contributed by atoms with van der Waals surface area (Å²) >= 11 is 0. The number of aldehydes is 1. The van der Waals surface area contributed by atoms with Gasteiger partial charge in [0.2, 0.25) is 0 Å². The van der Waals surface area contributed by atoms with E-state index >= 15 is 0 Å². The maximum Gasteiger partial charge on any atom is 0.408 e. The standard InChI is InChI=1S/C16H21NO3/c1-16(2,3)20-15(19)17-14-6-4-5-12-9-11(10-18)7-8-13(12)14/h7-10,14H,4-6H2,1-3H3,(H,17,19). The third-order valence-electron chi connectivity index (χ3n) is 3.31. The van der Waals surface area contributed by atoms with Gasteiger partial charge in [0.15, 0.2) is 0 Å². The lowest BCUT2D eigenvalue weighted by atomic mass is 9.87. The zero-order chi connectivity index (χ0) is 14.8. The Balaban J connectivity index is 2.12. The molecule has 4 nitrogen and oxygen atoms in total. The number of aryl methyl sites for hydroxylation is 1. The Morgan fingerprint density at radius 2 is 2.15 bits per heavy atom. The van der Waals surface area contributed by atoms with Gasteiger partial charge in [-0.1, -0.05) is 12.1 Å². The van der Waals surface area contributed by atoms with Crippen LogP contribution in [-0.4, -0.2) is 18.0 Å². The van der Waals surface area contributed by atoms with E-state index in [9.17, 15) is 9.59 Å². The molecule has 4 heteroatoms. The fourth-order valence-electron chi connectivity index (χ4n) is 2.51. The minimum absolute atomic E-state index is 0.0331. The summed E-state index contributed by atoms with van der Waals surface area (Å²) in [4.78, 5) is 22.7. The third-order valence-corrected chi connectivity index (χ3v) is 3.31.